The summed E-state index contributed by atoms with van der Waals surface area (Å²) < 4.78 is 5.22. The zero-order valence-electron chi connectivity index (χ0n) is 12.2. The molecule has 0 aliphatic carbocycles. The maximum absolute atomic E-state index is 12.3. The number of ketones is 1. The van der Waals surface area contributed by atoms with Crippen molar-refractivity contribution in [1.29, 1.82) is 0 Å². The minimum atomic E-state index is -0.0264. The average molecular weight is 289 g/mol. The van der Waals surface area contributed by atoms with E-state index >= 15 is 0 Å². The minimum absolute atomic E-state index is 0.0264. The van der Waals surface area contributed by atoms with Crippen molar-refractivity contribution in [3.8, 4) is 5.75 Å². The molecule has 108 valence electrons. The number of fused-ring (bicyclic) bond motifs is 1. The van der Waals surface area contributed by atoms with E-state index in [4.69, 9.17) is 4.74 Å². The molecule has 0 radical (unpaired) electrons. The molecule has 0 spiro atoms. The van der Waals surface area contributed by atoms with Gasteiger partial charge >= 0.3 is 0 Å². The Labute approximate surface area is 128 Å². The molecule has 2 aromatic carbocycles. The van der Waals surface area contributed by atoms with E-state index in [0.717, 1.165) is 22.1 Å². The van der Waals surface area contributed by atoms with Gasteiger partial charge < -0.3 is 4.74 Å². The van der Waals surface area contributed by atoms with Crippen LogP contribution < -0.4 is 4.74 Å². The van der Waals surface area contributed by atoms with Gasteiger partial charge in [-0.15, -0.1) is 0 Å². The molecule has 0 aliphatic heterocycles. The number of rotatable bonds is 4. The molecule has 0 saturated carbocycles. The lowest BCUT2D eigenvalue weighted by Gasteiger charge is -2.04. The van der Waals surface area contributed by atoms with Gasteiger partial charge in [0.2, 0.25) is 0 Å². The van der Waals surface area contributed by atoms with Crippen LogP contribution in [0.15, 0.2) is 67.0 Å². The standard InChI is InChI=1S/C19H15NO2/c1-22-18-6-5-15-3-4-16(12-17(15)13-18)19(21)7-2-14-8-10-20-11-9-14/h2-13H,1H3. The van der Waals surface area contributed by atoms with Crippen molar-refractivity contribution in [2.24, 2.45) is 0 Å². The van der Waals surface area contributed by atoms with Crippen LogP contribution in [0.1, 0.15) is 15.9 Å². The molecule has 0 amide bonds. The van der Waals surface area contributed by atoms with Crippen LogP contribution in [0.3, 0.4) is 0 Å². The number of aromatic nitrogens is 1. The SMILES string of the molecule is COc1ccc2ccc(C(=O)C=Cc3ccncc3)cc2c1. The van der Waals surface area contributed by atoms with Gasteiger partial charge in [0.05, 0.1) is 7.11 Å². The lowest BCUT2D eigenvalue weighted by molar-refractivity contribution is 0.104. The molecular weight excluding hydrogens is 274 g/mol. The van der Waals surface area contributed by atoms with E-state index in [1.54, 1.807) is 31.7 Å². The second kappa shape index (κ2) is 6.22. The molecule has 0 saturated heterocycles. The highest BCUT2D eigenvalue weighted by Crippen LogP contribution is 2.22. The molecule has 0 unspecified atom stereocenters. The normalized spacial score (nSPS) is 11.0. The maximum Gasteiger partial charge on any atom is 0.185 e. The van der Waals surface area contributed by atoms with Crippen molar-refractivity contribution in [2.75, 3.05) is 7.11 Å². The molecule has 3 rings (SSSR count). The molecule has 0 fully saturated rings. The third kappa shape index (κ3) is 3.04. The van der Waals surface area contributed by atoms with Crippen molar-refractivity contribution in [2.45, 2.75) is 0 Å². The summed E-state index contributed by atoms with van der Waals surface area (Å²) in [5.74, 6) is 0.756. The van der Waals surface area contributed by atoms with Gasteiger partial charge in [-0.3, -0.25) is 9.78 Å². The van der Waals surface area contributed by atoms with Gasteiger partial charge in [-0.05, 0) is 52.7 Å². The molecule has 3 nitrogen and oxygen atoms in total. The summed E-state index contributed by atoms with van der Waals surface area (Å²) in [5.41, 5.74) is 1.61. The largest absolute Gasteiger partial charge is 0.497 e. The molecule has 22 heavy (non-hydrogen) atoms. The lowest BCUT2D eigenvalue weighted by Crippen LogP contribution is -1.94. The Morgan fingerprint density at radius 1 is 1.00 bits per heavy atom. The molecule has 0 atom stereocenters. The molecule has 3 heteroatoms. The van der Waals surface area contributed by atoms with E-state index < -0.39 is 0 Å². The monoisotopic (exact) mass is 289 g/mol. The second-order valence-corrected chi connectivity index (χ2v) is 4.91. The van der Waals surface area contributed by atoms with Crippen LogP contribution in [-0.4, -0.2) is 17.9 Å². The topological polar surface area (TPSA) is 39.2 Å². The summed E-state index contributed by atoms with van der Waals surface area (Å²) in [4.78, 5) is 16.2. The van der Waals surface area contributed by atoms with Gasteiger partial charge in [0.1, 0.15) is 5.75 Å². The first-order chi connectivity index (χ1) is 10.8. The van der Waals surface area contributed by atoms with Gasteiger partial charge in [0.25, 0.3) is 0 Å². The molecule has 0 N–H and O–H groups in total. The Balaban J connectivity index is 1.89. The first kappa shape index (κ1) is 14.0. The smallest absolute Gasteiger partial charge is 0.185 e. The van der Waals surface area contributed by atoms with E-state index in [1.165, 1.54) is 0 Å². The Hall–Kier alpha value is -2.94. The van der Waals surface area contributed by atoms with Crippen LogP contribution in [0.25, 0.3) is 16.8 Å². The fraction of sp³-hybridized carbons (Fsp3) is 0.0526. The highest BCUT2D eigenvalue weighted by atomic mass is 16.5. The van der Waals surface area contributed by atoms with E-state index in [1.807, 2.05) is 48.5 Å². The Morgan fingerprint density at radius 3 is 2.55 bits per heavy atom. The first-order valence-electron chi connectivity index (χ1n) is 6.96. The summed E-state index contributed by atoms with van der Waals surface area (Å²) in [5, 5.41) is 2.07. The summed E-state index contributed by atoms with van der Waals surface area (Å²) in [6, 6.07) is 15.2. The number of nitrogens with zero attached hydrogens (tertiary/aromatic N) is 1. The number of ether oxygens (including phenoxy) is 1. The second-order valence-electron chi connectivity index (χ2n) is 4.91. The molecule has 3 aromatic rings. The molecular formula is C19H15NO2. The fourth-order valence-corrected chi connectivity index (χ4v) is 2.25. The van der Waals surface area contributed by atoms with Crippen LogP contribution in [0.4, 0.5) is 0 Å². The third-order valence-electron chi connectivity index (χ3n) is 3.47. The number of pyridine rings is 1. The number of methoxy groups -OCH3 is 1. The average Bonchev–Trinajstić information content (AvgIpc) is 2.59. The van der Waals surface area contributed by atoms with Gasteiger partial charge in [0.15, 0.2) is 5.78 Å². The zero-order chi connectivity index (χ0) is 15.4. The van der Waals surface area contributed by atoms with Crippen LogP contribution in [0, 0.1) is 0 Å². The molecule has 1 heterocycles. The molecule has 0 bridgehead atoms. The van der Waals surface area contributed by atoms with Gasteiger partial charge in [-0.25, -0.2) is 0 Å². The van der Waals surface area contributed by atoms with Crippen molar-refractivity contribution >= 4 is 22.6 Å². The fourth-order valence-electron chi connectivity index (χ4n) is 2.25. The Morgan fingerprint density at radius 2 is 1.77 bits per heavy atom. The van der Waals surface area contributed by atoms with E-state index in [2.05, 4.69) is 4.98 Å². The number of allylic oxidation sites excluding steroid dienone is 1. The highest BCUT2D eigenvalue weighted by molar-refractivity contribution is 6.08. The van der Waals surface area contributed by atoms with E-state index in [0.29, 0.717) is 5.56 Å². The summed E-state index contributed by atoms with van der Waals surface area (Å²) in [6.45, 7) is 0. The summed E-state index contributed by atoms with van der Waals surface area (Å²) in [6.07, 6.45) is 6.77. The number of carbonyl (C=O) groups excluding carboxylic acids is 1. The first-order valence-corrected chi connectivity index (χ1v) is 6.96. The highest BCUT2D eigenvalue weighted by Gasteiger charge is 2.04. The summed E-state index contributed by atoms with van der Waals surface area (Å²) in [7, 11) is 1.63. The third-order valence-corrected chi connectivity index (χ3v) is 3.47. The van der Waals surface area contributed by atoms with Gasteiger partial charge in [0, 0.05) is 18.0 Å². The van der Waals surface area contributed by atoms with Crippen LogP contribution >= 0.6 is 0 Å². The zero-order valence-corrected chi connectivity index (χ0v) is 12.2. The molecule has 0 aliphatic rings. The van der Waals surface area contributed by atoms with Crippen molar-refractivity contribution in [3.05, 3.63) is 78.1 Å². The van der Waals surface area contributed by atoms with Crippen molar-refractivity contribution in [3.63, 3.8) is 0 Å². The van der Waals surface area contributed by atoms with Gasteiger partial charge in [-0.1, -0.05) is 24.3 Å². The van der Waals surface area contributed by atoms with E-state index in [-0.39, 0.29) is 5.78 Å². The van der Waals surface area contributed by atoms with Crippen molar-refractivity contribution in [1.82, 2.24) is 4.98 Å². The number of benzene rings is 2. The molecule has 1 aromatic heterocycles. The summed E-state index contributed by atoms with van der Waals surface area (Å²) >= 11 is 0. The lowest BCUT2D eigenvalue weighted by atomic mass is 10.0. The number of hydrogen-bond acceptors (Lipinski definition) is 3. The number of hydrogen-bond donors (Lipinski definition) is 0. The van der Waals surface area contributed by atoms with Crippen LogP contribution in [-0.2, 0) is 0 Å². The predicted molar refractivity (Wildman–Crippen MR) is 88.1 cm³/mol. The van der Waals surface area contributed by atoms with E-state index in [9.17, 15) is 4.79 Å². The maximum atomic E-state index is 12.3. The van der Waals surface area contributed by atoms with Gasteiger partial charge in [-0.2, -0.15) is 0 Å². The predicted octanol–water partition coefficient (Wildman–Crippen LogP) is 4.14. The minimum Gasteiger partial charge on any atom is -0.497 e. The Bertz CT molecular complexity index is 838. The number of carbonyl (C=O) groups is 1. The van der Waals surface area contributed by atoms with Crippen molar-refractivity contribution < 1.29 is 9.53 Å². The Kier molecular flexibility index (Phi) is 3.97. The van der Waals surface area contributed by atoms with Crippen LogP contribution in [0.2, 0.25) is 0 Å². The van der Waals surface area contributed by atoms with Crippen LogP contribution in [0.5, 0.6) is 5.75 Å². The quantitative estimate of drug-likeness (QED) is 0.535.